The molecule has 2 fully saturated rings. The molecule has 2 aliphatic heterocycles. The third-order valence-electron chi connectivity index (χ3n) is 6.91. The fraction of sp³-hybridized carbons (Fsp3) is 0.423. The van der Waals surface area contributed by atoms with E-state index in [-0.39, 0.29) is 19.1 Å². The normalized spacial score (nSPS) is 21.6. The maximum atomic E-state index is 13.2. The molecule has 2 atom stereocenters. The highest BCUT2D eigenvalue weighted by molar-refractivity contribution is 5.95. The van der Waals surface area contributed by atoms with Crippen LogP contribution < -0.4 is 4.74 Å². The molecule has 2 aromatic rings. The number of carbonyl (C=O) groups excluding carboxylic acids is 3. The van der Waals surface area contributed by atoms with Crippen molar-refractivity contribution in [2.24, 2.45) is 5.92 Å². The minimum Gasteiger partial charge on any atom is -0.497 e. The number of esters is 1. The van der Waals surface area contributed by atoms with Gasteiger partial charge in [0.05, 0.1) is 19.3 Å². The summed E-state index contributed by atoms with van der Waals surface area (Å²) < 4.78 is 10.5. The summed E-state index contributed by atoms with van der Waals surface area (Å²) in [5, 5.41) is 10.8. The van der Waals surface area contributed by atoms with Gasteiger partial charge in [-0.15, -0.1) is 0 Å². The molecule has 180 valence electrons. The van der Waals surface area contributed by atoms with Gasteiger partial charge in [0.1, 0.15) is 17.8 Å². The zero-order valence-electron chi connectivity index (χ0n) is 19.5. The molecule has 1 N–H and O–H groups in total. The largest absolute Gasteiger partial charge is 0.497 e. The van der Waals surface area contributed by atoms with Gasteiger partial charge in [-0.1, -0.05) is 36.4 Å². The molecule has 1 spiro atoms. The van der Waals surface area contributed by atoms with E-state index in [2.05, 4.69) is 0 Å². The Morgan fingerprint density at radius 3 is 2.44 bits per heavy atom. The lowest BCUT2D eigenvalue weighted by molar-refractivity contribution is -0.156. The number of carbonyl (C=O) groups is 3. The summed E-state index contributed by atoms with van der Waals surface area (Å²) in [4.78, 5) is 42.6. The van der Waals surface area contributed by atoms with Crippen molar-refractivity contribution in [1.82, 2.24) is 9.80 Å². The highest BCUT2D eigenvalue weighted by Crippen LogP contribution is 2.45. The highest BCUT2D eigenvalue weighted by atomic mass is 16.5. The number of benzene rings is 2. The molecule has 2 aromatic carbocycles. The SMILES string of the molecule is CCOC(=O)[C@@H]1[C@@H](O)C(=O)N(Cc2ccccc2)C12CCN(C(=O)c1cccc(OC)c1)CC2. The fourth-order valence-electron chi connectivity index (χ4n) is 5.18. The van der Waals surface area contributed by atoms with Gasteiger partial charge >= 0.3 is 5.97 Å². The first-order valence-electron chi connectivity index (χ1n) is 11.5. The van der Waals surface area contributed by atoms with Crippen LogP contribution in [0, 0.1) is 5.92 Å². The maximum absolute atomic E-state index is 13.2. The first kappa shape index (κ1) is 23.8. The summed E-state index contributed by atoms with van der Waals surface area (Å²) >= 11 is 0. The minimum absolute atomic E-state index is 0.138. The van der Waals surface area contributed by atoms with Crippen molar-refractivity contribution in [3.05, 3.63) is 65.7 Å². The van der Waals surface area contributed by atoms with E-state index in [1.54, 1.807) is 48.1 Å². The molecule has 0 unspecified atom stereocenters. The average Bonchev–Trinajstić information content (AvgIpc) is 3.06. The number of ether oxygens (including phenoxy) is 2. The smallest absolute Gasteiger partial charge is 0.314 e. The fourth-order valence-corrected chi connectivity index (χ4v) is 5.18. The van der Waals surface area contributed by atoms with E-state index >= 15 is 0 Å². The summed E-state index contributed by atoms with van der Waals surface area (Å²) in [6.45, 7) is 2.82. The number of aliphatic hydroxyl groups is 1. The topological polar surface area (TPSA) is 96.4 Å². The van der Waals surface area contributed by atoms with Crippen molar-refractivity contribution < 1.29 is 29.0 Å². The molecule has 4 rings (SSSR count). The highest BCUT2D eigenvalue weighted by Gasteiger charge is 2.62. The second-order valence-corrected chi connectivity index (χ2v) is 8.71. The van der Waals surface area contributed by atoms with E-state index in [1.807, 2.05) is 30.3 Å². The Kier molecular flexibility index (Phi) is 6.88. The predicted octanol–water partition coefficient (Wildman–Crippen LogP) is 2.25. The van der Waals surface area contributed by atoms with Crippen molar-refractivity contribution in [2.45, 2.75) is 38.0 Å². The van der Waals surface area contributed by atoms with E-state index in [0.29, 0.717) is 37.2 Å². The Hall–Kier alpha value is -3.39. The van der Waals surface area contributed by atoms with Crippen LogP contribution in [-0.4, -0.2) is 71.1 Å². The zero-order chi connectivity index (χ0) is 24.3. The Morgan fingerprint density at radius 1 is 1.09 bits per heavy atom. The average molecular weight is 467 g/mol. The van der Waals surface area contributed by atoms with Gasteiger partial charge in [-0.2, -0.15) is 0 Å². The minimum atomic E-state index is -1.47. The van der Waals surface area contributed by atoms with Gasteiger partial charge in [0, 0.05) is 25.2 Å². The monoisotopic (exact) mass is 466 g/mol. The summed E-state index contributed by atoms with van der Waals surface area (Å²) in [7, 11) is 1.55. The van der Waals surface area contributed by atoms with Crippen LogP contribution in [-0.2, 0) is 20.9 Å². The van der Waals surface area contributed by atoms with E-state index < -0.39 is 29.4 Å². The number of hydrogen-bond donors (Lipinski definition) is 1. The molecule has 8 heteroatoms. The van der Waals surface area contributed by atoms with E-state index in [9.17, 15) is 19.5 Å². The number of aliphatic hydroxyl groups excluding tert-OH is 1. The number of rotatable bonds is 6. The van der Waals surface area contributed by atoms with Crippen LogP contribution in [0.5, 0.6) is 5.75 Å². The number of nitrogens with zero attached hydrogens (tertiary/aromatic N) is 2. The van der Waals surface area contributed by atoms with Crippen LogP contribution in [0.1, 0.15) is 35.7 Å². The van der Waals surface area contributed by atoms with E-state index in [1.165, 1.54) is 0 Å². The maximum Gasteiger partial charge on any atom is 0.314 e. The Bertz CT molecular complexity index is 1050. The lowest BCUT2D eigenvalue weighted by Gasteiger charge is -2.47. The van der Waals surface area contributed by atoms with Gasteiger partial charge in [0.25, 0.3) is 11.8 Å². The van der Waals surface area contributed by atoms with Crippen molar-refractivity contribution in [1.29, 1.82) is 0 Å². The second kappa shape index (κ2) is 9.85. The summed E-state index contributed by atoms with van der Waals surface area (Å²) in [5.74, 6) is -1.60. The van der Waals surface area contributed by atoms with Crippen LogP contribution in [0.25, 0.3) is 0 Å². The molecule has 0 bridgehead atoms. The van der Waals surface area contributed by atoms with Crippen LogP contribution in [0.4, 0.5) is 0 Å². The van der Waals surface area contributed by atoms with Crippen molar-refractivity contribution in [2.75, 3.05) is 26.8 Å². The van der Waals surface area contributed by atoms with Gasteiger partial charge in [0.15, 0.2) is 0 Å². The number of methoxy groups -OCH3 is 1. The van der Waals surface area contributed by atoms with E-state index in [4.69, 9.17) is 9.47 Å². The summed E-state index contributed by atoms with van der Waals surface area (Å²) in [6, 6.07) is 16.5. The Morgan fingerprint density at radius 2 is 1.79 bits per heavy atom. The number of amides is 2. The Labute approximate surface area is 199 Å². The van der Waals surface area contributed by atoms with Crippen molar-refractivity contribution >= 4 is 17.8 Å². The zero-order valence-corrected chi connectivity index (χ0v) is 19.5. The molecule has 0 aromatic heterocycles. The lowest BCUT2D eigenvalue weighted by Crippen LogP contribution is -2.58. The quantitative estimate of drug-likeness (QED) is 0.656. The van der Waals surface area contributed by atoms with Crippen molar-refractivity contribution in [3.8, 4) is 5.75 Å². The molecular formula is C26H30N2O6. The predicted molar refractivity (Wildman–Crippen MR) is 124 cm³/mol. The number of piperidine rings is 1. The summed E-state index contributed by atoms with van der Waals surface area (Å²) in [5.41, 5.74) is 0.492. The molecule has 0 aliphatic carbocycles. The number of hydrogen-bond acceptors (Lipinski definition) is 6. The first-order chi connectivity index (χ1) is 16.4. The second-order valence-electron chi connectivity index (χ2n) is 8.71. The standard InChI is InChI=1S/C26H30N2O6/c1-3-34-25(32)21-22(29)24(31)28(17-18-8-5-4-6-9-18)26(21)12-14-27(15-13-26)23(30)19-10-7-11-20(16-19)33-2/h4-11,16,21-22,29H,3,12-15,17H2,1-2H3/t21-,22+/m0/s1. The van der Waals surface area contributed by atoms with Crippen LogP contribution in [0.15, 0.2) is 54.6 Å². The van der Waals surface area contributed by atoms with Gasteiger partial charge in [-0.25, -0.2) is 0 Å². The van der Waals surface area contributed by atoms with Gasteiger partial charge in [-0.05, 0) is 43.5 Å². The molecule has 2 saturated heterocycles. The molecule has 0 saturated carbocycles. The molecule has 2 aliphatic rings. The molecule has 2 amide bonds. The van der Waals surface area contributed by atoms with Gasteiger partial charge in [0.2, 0.25) is 0 Å². The van der Waals surface area contributed by atoms with Crippen LogP contribution >= 0.6 is 0 Å². The molecular weight excluding hydrogens is 436 g/mol. The molecule has 34 heavy (non-hydrogen) atoms. The molecule has 0 radical (unpaired) electrons. The van der Waals surface area contributed by atoms with Crippen molar-refractivity contribution in [3.63, 3.8) is 0 Å². The van der Waals surface area contributed by atoms with Crippen LogP contribution in [0.2, 0.25) is 0 Å². The number of likely N-dealkylation sites (tertiary alicyclic amines) is 2. The van der Waals surface area contributed by atoms with Gasteiger partial charge < -0.3 is 24.4 Å². The first-order valence-corrected chi connectivity index (χ1v) is 11.5. The third kappa shape index (κ3) is 4.25. The van der Waals surface area contributed by atoms with Crippen LogP contribution in [0.3, 0.4) is 0 Å². The van der Waals surface area contributed by atoms with Gasteiger partial charge in [-0.3, -0.25) is 14.4 Å². The Balaban J connectivity index is 1.61. The molecule has 8 nitrogen and oxygen atoms in total. The third-order valence-corrected chi connectivity index (χ3v) is 6.91. The summed E-state index contributed by atoms with van der Waals surface area (Å²) in [6.07, 6.45) is -0.743. The lowest BCUT2D eigenvalue weighted by atomic mass is 9.75. The van der Waals surface area contributed by atoms with E-state index in [0.717, 1.165) is 5.56 Å². The molecule has 2 heterocycles.